The standard InChI is InChI=1S/C14H12BrFN2O2/c1-9-2-3-10(6-12(9)16)8-17-13-5-4-11(15)7-14(13)18(19)20/h2-7,17H,8H2,1H3. The minimum atomic E-state index is -0.456. The van der Waals surface area contributed by atoms with Crippen molar-refractivity contribution < 1.29 is 9.31 Å². The number of nitrogens with zero attached hydrogens (tertiary/aromatic N) is 1. The van der Waals surface area contributed by atoms with E-state index in [-0.39, 0.29) is 11.5 Å². The second kappa shape index (κ2) is 6.00. The van der Waals surface area contributed by atoms with Gasteiger partial charge in [-0.3, -0.25) is 10.1 Å². The molecule has 0 radical (unpaired) electrons. The second-order valence-corrected chi connectivity index (χ2v) is 5.27. The van der Waals surface area contributed by atoms with E-state index in [9.17, 15) is 14.5 Å². The molecule has 0 fully saturated rings. The Morgan fingerprint density at radius 2 is 2.05 bits per heavy atom. The van der Waals surface area contributed by atoms with Gasteiger partial charge in [-0.05, 0) is 36.2 Å². The van der Waals surface area contributed by atoms with Crippen molar-refractivity contribution in [1.29, 1.82) is 0 Å². The van der Waals surface area contributed by atoms with Crippen LogP contribution in [0.5, 0.6) is 0 Å². The number of nitro benzene ring substituents is 1. The van der Waals surface area contributed by atoms with Gasteiger partial charge in [-0.15, -0.1) is 0 Å². The van der Waals surface area contributed by atoms with Crippen LogP contribution in [0, 0.1) is 22.9 Å². The molecule has 20 heavy (non-hydrogen) atoms. The molecular formula is C14H12BrFN2O2. The summed E-state index contributed by atoms with van der Waals surface area (Å²) >= 11 is 3.20. The van der Waals surface area contributed by atoms with Gasteiger partial charge in [0.2, 0.25) is 0 Å². The molecule has 0 saturated carbocycles. The summed E-state index contributed by atoms with van der Waals surface area (Å²) in [6.45, 7) is 2.01. The van der Waals surface area contributed by atoms with Crippen molar-refractivity contribution in [1.82, 2.24) is 0 Å². The van der Waals surface area contributed by atoms with E-state index in [4.69, 9.17) is 0 Å². The SMILES string of the molecule is Cc1ccc(CNc2ccc(Br)cc2[N+](=O)[O-])cc1F. The van der Waals surface area contributed by atoms with Gasteiger partial charge in [-0.25, -0.2) is 4.39 Å². The third-order valence-electron chi connectivity index (χ3n) is 2.88. The van der Waals surface area contributed by atoms with Crippen molar-refractivity contribution in [3.8, 4) is 0 Å². The van der Waals surface area contributed by atoms with E-state index in [2.05, 4.69) is 21.2 Å². The maximum atomic E-state index is 13.4. The maximum absolute atomic E-state index is 13.4. The van der Waals surface area contributed by atoms with Crippen molar-refractivity contribution >= 4 is 27.3 Å². The first-order valence-electron chi connectivity index (χ1n) is 5.90. The zero-order chi connectivity index (χ0) is 14.7. The zero-order valence-corrected chi connectivity index (χ0v) is 12.3. The van der Waals surface area contributed by atoms with Gasteiger partial charge < -0.3 is 5.32 Å². The van der Waals surface area contributed by atoms with Crippen LogP contribution in [-0.4, -0.2) is 4.92 Å². The minimum absolute atomic E-state index is 0.0213. The molecule has 0 spiro atoms. The highest BCUT2D eigenvalue weighted by Crippen LogP contribution is 2.28. The van der Waals surface area contributed by atoms with Crippen LogP contribution in [0.4, 0.5) is 15.8 Å². The fraction of sp³-hybridized carbons (Fsp3) is 0.143. The number of halogens is 2. The minimum Gasteiger partial charge on any atom is -0.375 e. The van der Waals surface area contributed by atoms with E-state index >= 15 is 0 Å². The Hall–Kier alpha value is -1.95. The van der Waals surface area contributed by atoms with E-state index in [0.717, 1.165) is 5.56 Å². The van der Waals surface area contributed by atoms with Crippen LogP contribution < -0.4 is 5.32 Å². The van der Waals surface area contributed by atoms with Gasteiger partial charge in [-0.1, -0.05) is 28.1 Å². The van der Waals surface area contributed by atoms with E-state index < -0.39 is 4.92 Å². The predicted molar refractivity (Wildman–Crippen MR) is 79.3 cm³/mol. The number of nitrogens with one attached hydrogen (secondary N) is 1. The molecule has 2 aromatic carbocycles. The molecule has 0 aliphatic carbocycles. The molecule has 0 saturated heterocycles. The Morgan fingerprint density at radius 3 is 2.70 bits per heavy atom. The first-order valence-corrected chi connectivity index (χ1v) is 6.69. The monoisotopic (exact) mass is 338 g/mol. The highest BCUT2D eigenvalue weighted by Gasteiger charge is 2.13. The number of anilines is 1. The highest BCUT2D eigenvalue weighted by molar-refractivity contribution is 9.10. The van der Waals surface area contributed by atoms with Crippen LogP contribution in [0.1, 0.15) is 11.1 Å². The lowest BCUT2D eigenvalue weighted by molar-refractivity contribution is -0.384. The molecular weight excluding hydrogens is 327 g/mol. The molecule has 2 rings (SSSR count). The van der Waals surface area contributed by atoms with Gasteiger partial charge in [0, 0.05) is 17.1 Å². The number of benzene rings is 2. The maximum Gasteiger partial charge on any atom is 0.293 e. The molecule has 0 aliphatic heterocycles. The summed E-state index contributed by atoms with van der Waals surface area (Å²) in [4.78, 5) is 10.5. The summed E-state index contributed by atoms with van der Waals surface area (Å²) in [5.41, 5.74) is 1.68. The fourth-order valence-corrected chi connectivity index (χ4v) is 2.10. The highest BCUT2D eigenvalue weighted by atomic mass is 79.9. The summed E-state index contributed by atoms with van der Waals surface area (Å²) < 4.78 is 14.1. The Morgan fingerprint density at radius 1 is 1.30 bits per heavy atom. The molecule has 0 unspecified atom stereocenters. The van der Waals surface area contributed by atoms with Gasteiger partial charge in [0.15, 0.2) is 0 Å². The summed E-state index contributed by atoms with van der Waals surface area (Å²) in [6.07, 6.45) is 0. The third-order valence-corrected chi connectivity index (χ3v) is 3.37. The van der Waals surface area contributed by atoms with Gasteiger partial charge in [0.1, 0.15) is 11.5 Å². The lowest BCUT2D eigenvalue weighted by Gasteiger charge is -2.08. The lowest BCUT2D eigenvalue weighted by Crippen LogP contribution is -2.03. The molecule has 0 atom stereocenters. The third kappa shape index (κ3) is 3.33. The fourth-order valence-electron chi connectivity index (χ4n) is 1.75. The normalized spacial score (nSPS) is 10.3. The smallest absolute Gasteiger partial charge is 0.293 e. The molecule has 0 bridgehead atoms. The molecule has 104 valence electrons. The van der Waals surface area contributed by atoms with Crippen molar-refractivity contribution in [3.63, 3.8) is 0 Å². The zero-order valence-electron chi connectivity index (χ0n) is 10.7. The van der Waals surface area contributed by atoms with Crippen LogP contribution >= 0.6 is 15.9 Å². The molecule has 6 heteroatoms. The average Bonchev–Trinajstić information content (AvgIpc) is 2.41. The van der Waals surface area contributed by atoms with Crippen LogP contribution in [0.3, 0.4) is 0 Å². The van der Waals surface area contributed by atoms with E-state index in [1.165, 1.54) is 12.1 Å². The van der Waals surface area contributed by atoms with Gasteiger partial charge in [0.05, 0.1) is 4.92 Å². The van der Waals surface area contributed by atoms with Crippen LogP contribution in [0.2, 0.25) is 0 Å². The van der Waals surface area contributed by atoms with Crippen LogP contribution in [-0.2, 0) is 6.54 Å². The topological polar surface area (TPSA) is 55.2 Å². The Bertz CT molecular complexity index is 662. The van der Waals surface area contributed by atoms with Crippen molar-refractivity contribution in [2.24, 2.45) is 0 Å². The van der Waals surface area contributed by atoms with Gasteiger partial charge >= 0.3 is 0 Å². The van der Waals surface area contributed by atoms with Crippen molar-refractivity contribution in [3.05, 3.63) is 67.9 Å². The number of nitro groups is 1. The van der Waals surface area contributed by atoms with Crippen LogP contribution in [0.15, 0.2) is 40.9 Å². The number of rotatable bonds is 4. The molecule has 1 N–H and O–H groups in total. The number of hydrogen-bond donors (Lipinski definition) is 1. The molecule has 0 amide bonds. The first kappa shape index (κ1) is 14.5. The average molecular weight is 339 g/mol. The number of aryl methyl sites for hydroxylation is 1. The van der Waals surface area contributed by atoms with E-state index in [1.807, 2.05) is 0 Å². The van der Waals surface area contributed by atoms with Crippen molar-refractivity contribution in [2.75, 3.05) is 5.32 Å². The molecule has 0 aliphatic rings. The van der Waals surface area contributed by atoms with E-state index in [1.54, 1.807) is 31.2 Å². The number of hydrogen-bond acceptors (Lipinski definition) is 3. The molecule has 2 aromatic rings. The largest absolute Gasteiger partial charge is 0.375 e. The quantitative estimate of drug-likeness (QED) is 0.663. The summed E-state index contributed by atoms with van der Waals surface area (Å²) in [7, 11) is 0. The van der Waals surface area contributed by atoms with Gasteiger partial charge in [-0.2, -0.15) is 0 Å². The van der Waals surface area contributed by atoms with Gasteiger partial charge in [0.25, 0.3) is 5.69 Å². The van der Waals surface area contributed by atoms with Crippen molar-refractivity contribution in [2.45, 2.75) is 13.5 Å². The molecule has 0 aromatic heterocycles. The Balaban J connectivity index is 2.18. The Labute approximate surface area is 123 Å². The summed E-state index contributed by atoms with van der Waals surface area (Å²) in [5.74, 6) is -0.283. The lowest BCUT2D eigenvalue weighted by atomic mass is 10.1. The van der Waals surface area contributed by atoms with Crippen LogP contribution in [0.25, 0.3) is 0 Å². The first-order chi connectivity index (χ1) is 9.47. The van der Waals surface area contributed by atoms with E-state index in [0.29, 0.717) is 22.3 Å². The predicted octanol–water partition coefficient (Wildman–Crippen LogP) is 4.42. The summed E-state index contributed by atoms with van der Waals surface area (Å²) in [5, 5.41) is 13.9. The molecule has 4 nitrogen and oxygen atoms in total. The Kier molecular flexibility index (Phi) is 4.34. The molecule has 0 heterocycles. The summed E-state index contributed by atoms with van der Waals surface area (Å²) in [6, 6.07) is 9.65. The second-order valence-electron chi connectivity index (χ2n) is 4.36.